The summed E-state index contributed by atoms with van der Waals surface area (Å²) < 4.78 is 6.04. The SMILES string of the molecule is CCNc1nc(N)c2c(N)nc3c(c2c1C#N)CC(c1ccccc1)O3. The first-order valence-corrected chi connectivity index (χ1v) is 8.41. The minimum atomic E-state index is -0.174. The Balaban J connectivity index is 1.96. The Morgan fingerprint density at radius 2 is 1.92 bits per heavy atom. The first kappa shape index (κ1) is 16.0. The van der Waals surface area contributed by atoms with E-state index in [0.717, 1.165) is 11.1 Å². The third-order valence-electron chi connectivity index (χ3n) is 4.53. The first-order valence-electron chi connectivity index (χ1n) is 8.41. The Morgan fingerprint density at radius 1 is 1.19 bits per heavy atom. The fraction of sp³-hybridized carbons (Fsp3) is 0.211. The number of nitriles is 1. The van der Waals surface area contributed by atoms with Crippen molar-refractivity contribution in [3.63, 3.8) is 0 Å². The molecule has 0 spiro atoms. The zero-order valence-electron chi connectivity index (χ0n) is 14.3. The number of hydrogen-bond acceptors (Lipinski definition) is 7. The second-order valence-corrected chi connectivity index (χ2v) is 6.11. The second-order valence-electron chi connectivity index (χ2n) is 6.11. The summed E-state index contributed by atoms with van der Waals surface area (Å²) in [7, 11) is 0. The minimum absolute atomic E-state index is 0.174. The number of benzene rings is 1. The number of nitrogens with one attached hydrogen (secondary N) is 1. The van der Waals surface area contributed by atoms with Gasteiger partial charge in [-0.2, -0.15) is 10.2 Å². The van der Waals surface area contributed by atoms with Gasteiger partial charge in [0.05, 0.1) is 5.39 Å². The number of nitrogens with two attached hydrogens (primary N) is 2. The smallest absolute Gasteiger partial charge is 0.219 e. The quantitative estimate of drug-likeness (QED) is 0.666. The number of ether oxygens (including phenoxy) is 1. The summed E-state index contributed by atoms with van der Waals surface area (Å²) in [5.41, 5.74) is 14.6. The lowest BCUT2D eigenvalue weighted by Gasteiger charge is -2.13. The molecule has 1 atom stereocenters. The van der Waals surface area contributed by atoms with Crippen LogP contribution >= 0.6 is 0 Å². The largest absolute Gasteiger partial charge is 0.469 e. The van der Waals surface area contributed by atoms with Crippen LogP contribution in [0.25, 0.3) is 10.8 Å². The van der Waals surface area contributed by atoms with Crippen LogP contribution in [0.2, 0.25) is 0 Å². The summed E-state index contributed by atoms with van der Waals surface area (Å²) in [5, 5.41) is 14.1. The van der Waals surface area contributed by atoms with E-state index in [1.807, 2.05) is 37.3 Å². The number of rotatable bonds is 3. The van der Waals surface area contributed by atoms with Crippen molar-refractivity contribution < 1.29 is 4.74 Å². The summed E-state index contributed by atoms with van der Waals surface area (Å²) in [6, 6.07) is 12.1. The third-order valence-corrected chi connectivity index (χ3v) is 4.53. The lowest BCUT2D eigenvalue weighted by Crippen LogP contribution is -2.08. The number of fused-ring (bicyclic) bond motifs is 3. The average Bonchev–Trinajstić information content (AvgIpc) is 3.06. The van der Waals surface area contributed by atoms with Crippen molar-refractivity contribution in [1.82, 2.24) is 9.97 Å². The molecule has 1 aromatic carbocycles. The normalized spacial score (nSPS) is 15.3. The van der Waals surface area contributed by atoms with Crippen molar-refractivity contribution in [2.75, 3.05) is 23.3 Å². The molecule has 7 nitrogen and oxygen atoms in total. The molecular formula is C19H18N6O. The van der Waals surface area contributed by atoms with E-state index in [-0.39, 0.29) is 17.7 Å². The van der Waals surface area contributed by atoms with Gasteiger partial charge in [-0.3, -0.25) is 0 Å². The number of hydrogen-bond donors (Lipinski definition) is 3. The van der Waals surface area contributed by atoms with Crippen molar-refractivity contribution in [3.05, 3.63) is 47.0 Å². The first-order chi connectivity index (χ1) is 12.6. The van der Waals surface area contributed by atoms with Gasteiger partial charge < -0.3 is 21.5 Å². The van der Waals surface area contributed by atoms with Crippen LogP contribution in [0, 0.1) is 11.3 Å². The second kappa shape index (κ2) is 6.08. The molecule has 3 aromatic rings. The molecule has 2 aromatic heterocycles. The van der Waals surface area contributed by atoms with E-state index in [0.29, 0.717) is 41.0 Å². The van der Waals surface area contributed by atoms with E-state index in [4.69, 9.17) is 16.2 Å². The van der Waals surface area contributed by atoms with E-state index < -0.39 is 0 Å². The summed E-state index contributed by atoms with van der Waals surface area (Å²) in [6.07, 6.45) is 0.416. The van der Waals surface area contributed by atoms with Gasteiger partial charge in [-0.05, 0) is 12.5 Å². The lowest BCUT2D eigenvalue weighted by molar-refractivity contribution is 0.231. The maximum Gasteiger partial charge on any atom is 0.219 e. The van der Waals surface area contributed by atoms with Gasteiger partial charge in [0, 0.05) is 23.9 Å². The van der Waals surface area contributed by atoms with Gasteiger partial charge in [-0.1, -0.05) is 30.3 Å². The number of aromatic nitrogens is 2. The van der Waals surface area contributed by atoms with E-state index >= 15 is 0 Å². The Morgan fingerprint density at radius 3 is 2.62 bits per heavy atom. The van der Waals surface area contributed by atoms with Crippen molar-refractivity contribution in [2.45, 2.75) is 19.4 Å². The molecule has 1 aliphatic heterocycles. The minimum Gasteiger partial charge on any atom is -0.469 e. The third kappa shape index (κ3) is 2.35. The van der Waals surface area contributed by atoms with Gasteiger partial charge in [0.1, 0.15) is 35.2 Å². The van der Waals surface area contributed by atoms with Gasteiger partial charge >= 0.3 is 0 Å². The van der Waals surface area contributed by atoms with Crippen LogP contribution in [-0.4, -0.2) is 16.5 Å². The van der Waals surface area contributed by atoms with Crippen LogP contribution in [-0.2, 0) is 6.42 Å². The highest BCUT2D eigenvalue weighted by Gasteiger charge is 2.31. The summed E-state index contributed by atoms with van der Waals surface area (Å²) in [4.78, 5) is 8.68. The molecule has 1 aliphatic rings. The average molecular weight is 346 g/mol. The predicted octanol–water partition coefficient (Wildman–Crippen LogP) is 2.77. The lowest BCUT2D eigenvalue weighted by atomic mass is 9.97. The van der Waals surface area contributed by atoms with Crippen molar-refractivity contribution in [2.24, 2.45) is 0 Å². The van der Waals surface area contributed by atoms with Crippen LogP contribution in [0.3, 0.4) is 0 Å². The zero-order valence-corrected chi connectivity index (χ0v) is 14.3. The molecule has 0 aliphatic carbocycles. The topological polar surface area (TPSA) is 123 Å². The van der Waals surface area contributed by atoms with Gasteiger partial charge in [0.2, 0.25) is 5.88 Å². The van der Waals surface area contributed by atoms with Crippen LogP contribution in [0.5, 0.6) is 5.88 Å². The summed E-state index contributed by atoms with van der Waals surface area (Å²) in [5.74, 6) is 1.38. The summed E-state index contributed by atoms with van der Waals surface area (Å²) in [6.45, 7) is 2.56. The molecule has 130 valence electrons. The van der Waals surface area contributed by atoms with E-state index in [9.17, 15) is 5.26 Å². The molecule has 7 heteroatoms. The Hall–Kier alpha value is -3.53. The molecule has 0 radical (unpaired) electrons. The zero-order chi connectivity index (χ0) is 18.3. The van der Waals surface area contributed by atoms with Crippen LogP contribution in [0.4, 0.5) is 17.5 Å². The van der Waals surface area contributed by atoms with Crippen LogP contribution in [0.1, 0.15) is 29.7 Å². The highest BCUT2D eigenvalue weighted by Crippen LogP contribution is 2.44. The molecular weight excluding hydrogens is 328 g/mol. The Labute approximate surface area is 150 Å². The van der Waals surface area contributed by atoms with Crippen molar-refractivity contribution >= 4 is 28.2 Å². The fourth-order valence-corrected chi connectivity index (χ4v) is 3.41. The van der Waals surface area contributed by atoms with Gasteiger partial charge in [0.25, 0.3) is 0 Å². The Bertz CT molecular complexity index is 1040. The van der Waals surface area contributed by atoms with Gasteiger partial charge in [0.15, 0.2) is 0 Å². The van der Waals surface area contributed by atoms with Gasteiger partial charge in [-0.25, -0.2) is 4.98 Å². The molecule has 0 saturated heterocycles. The molecule has 0 bridgehead atoms. The molecule has 0 fully saturated rings. The monoisotopic (exact) mass is 346 g/mol. The number of nitrogens with zero attached hydrogens (tertiary/aromatic N) is 3. The van der Waals surface area contributed by atoms with Crippen LogP contribution < -0.4 is 21.5 Å². The number of pyridine rings is 2. The highest BCUT2D eigenvalue weighted by atomic mass is 16.5. The number of nitrogen functional groups attached to an aromatic ring is 2. The van der Waals surface area contributed by atoms with Gasteiger partial charge in [-0.15, -0.1) is 0 Å². The summed E-state index contributed by atoms with van der Waals surface area (Å²) >= 11 is 0. The van der Waals surface area contributed by atoms with Crippen molar-refractivity contribution in [3.8, 4) is 11.9 Å². The molecule has 0 saturated carbocycles. The molecule has 3 heterocycles. The van der Waals surface area contributed by atoms with Crippen LogP contribution in [0.15, 0.2) is 30.3 Å². The fourth-order valence-electron chi connectivity index (χ4n) is 3.41. The van der Waals surface area contributed by atoms with E-state index in [1.54, 1.807) is 0 Å². The predicted molar refractivity (Wildman–Crippen MR) is 101 cm³/mol. The molecule has 1 unspecified atom stereocenters. The Kier molecular flexibility index (Phi) is 3.73. The van der Waals surface area contributed by atoms with E-state index in [1.165, 1.54) is 0 Å². The van der Waals surface area contributed by atoms with E-state index in [2.05, 4.69) is 21.4 Å². The maximum atomic E-state index is 9.77. The number of anilines is 3. The molecule has 0 amide bonds. The standard InChI is InChI=1S/C19H18N6O/c1-2-23-18-12(9-20)14-11-8-13(10-6-4-3-5-7-10)26-19(11)25-17(22)15(14)16(21)24-18/h3-7,13H,2,8H2,1H3,(H2,22,25)(H3,21,23,24). The molecule has 4 rings (SSSR count). The highest BCUT2D eigenvalue weighted by molar-refractivity contribution is 6.06. The molecule has 26 heavy (non-hydrogen) atoms. The molecule has 5 N–H and O–H groups in total. The maximum absolute atomic E-state index is 9.77. The van der Waals surface area contributed by atoms with Crippen molar-refractivity contribution in [1.29, 1.82) is 5.26 Å².